The van der Waals surface area contributed by atoms with Gasteiger partial charge in [-0.1, -0.05) is 39.5 Å². The van der Waals surface area contributed by atoms with E-state index in [0.717, 1.165) is 24.7 Å². The van der Waals surface area contributed by atoms with Crippen LogP contribution in [-0.4, -0.2) is 22.7 Å². The van der Waals surface area contributed by atoms with Crippen LogP contribution in [0, 0.1) is 11.8 Å². The van der Waals surface area contributed by atoms with Crippen molar-refractivity contribution in [2.24, 2.45) is 11.8 Å². The second-order valence-corrected chi connectivity index (χ2v) is 6.82. The molecule has 1 saturated heterocycles. The van der Waals surface area contributed by atoms with Gasteiger partial charge in [0.05, 0.1) is 6.10 Å². The minimum Gasteiger partial charge on any atom is -0.393 e. The maximum atomic E-state index is 10.2. The summed E-state index contributed by atoms with van der Waals surface area (Å²) >= 11 is 2.07. The van der Waals surface area contributed by atoms with Gasteiger partial charge in [0.2, 0.25) is 0 Å². The Morgan fingerprint density at radius 2 is 1.94 bits per heavy atom. The quantitative estimate of drug-likeness (QED) is 0.692. The Balaban J connectivity index is 2.18. The molecule has 1 fully saturated rings. The smallest absolute Gasteiger partial charge is 0.0545 e. The van der Waals surface area contributed by atoms with Crippen LogP contribution >= 0.6 is 11.8 Å². The molecule has 0 aromatic rings. The fraction of sp³-hybridized carbons (Fsp3) is 1.00. The molecule has 0 aliphatic carbocycles. The number of thioether (sulfide) groups is 1. The summed E-state index contributed by atoms with van der Waals surface area (Å²) in [5.74, 6) is 4.17. The predicted octanol–water partition coefficient (Wildman–Crippen LogP) is 4.49. The van der Waals surface area contributed by atoms with E-state index in [4.69, 9.17) is 0 Å². The summed E-state index contributed by atoms with van der Waals surface area (Å²) in [7, 11) is 0. The molecule has 1 nitrogen and oxygen atoms in total. The highest BCUT2D eigenvalue weighted by Crippen LogP contribution is 2.29. The van der Waals surface area contributed by atoms with Crippen molar-refractivity contribution in [3.8, 4) is 0 Å². The van der Waals surface area contributed by atoms with Gasteiger partial charge >= 0.3 is 0 Å². The van der Waals surface area contributed by atoms with Crippen molar-refractivity contribution in [1.29, 1.82) is 0 Å². The van der Waals surface area contributed by atoms with Gasteiger partial charge in [0, 0.05) is 0 Å². The third-order valence-corrected chi connectivity index (χ3v) is 5.14. The molecule has 0 aromatic carbocycles. The van der Waals surface area contributed by atoms with Gasteiger partial charge in [0.25, 0.3) is 0 Å². The topological polar surface area (TPSA) is 20.2 Å². The van der Waals surface area contributed by atoms with Gasteiger partial charge in [0.1, 0.15) is 0 Å². The number of aliphatic hydroxyl groups is 1. The van der Waals surface area contributed by atoms with Crippen LogP contribution in [0.15, 0.2) is 0 Å². The average Bonchev–Trinajstić information content (AvgIpc) is 2.35. The fourth-order valence-electron chi connectivity index (χ4n) is 2.83. The highest BCUT2D eigenvalue weighted by atomic mass is 32.2. The maximum Gasteiger partial charge on any atom is 0.0545 e. The SMILES string of the molecule is CCCCC(CC)CC(O)CC1CCSCC1. The van der Waals surface area contributed by atoms with E-state index < -0.39 is 0 Å². The second kappa shape index (κ2) is 9.27. The summed E-state index contributed by atoms with van der Waals surface area (Å²) in [6.07, 6.45) is 9.87. The average molecular weight is 258 g/mol. The molecule has 2 atom stereocenters. The zero-order valence-corrected chi connectivity index (χ0v) is 12.5. The van der Waals surface area contributed by atoms with E-state index in [1.165, 1.54) is 50.0 Å². The first kappa shape index (κ1) is 15.4. The first-order chi connectivity index (χ1) is 8.26. The summed E-state index contributed by atoms with van der Waals surface area (Å²) in [6.45, 7) is 4.52. The summed E-state index contributed by atoms with van der Waals surface area (Å²) in [5, 5.41) is 10.2. The molecular weight excluding hydrogens is 228 g/mol. The van der Waals surface area contributed by atoms with E-state index in [-0.39, 0.29) is 6.10 Å². The molecule has 2 unspecified atom stereocenters. The number of rotatable bonds is 8. The normalized spacial score (nSPS) is 21.4. The van der Waals surface area contributed by atoms with Crippen LogP contribution in [0.5, 0.6) is 0 Å². The first-order valence-corrected chi connectivity index (χ1v) is 8.67. The van der Waals surface area contributed by atoms with Crippen molar-refractivity contribution >= 4 is 11.8 Å². The van der Waals surface area contributed by atoms with Crippen LogP contribution in [-0.2, 0) is 0 Å². The third kappa shape index (κ3) is 6.71. The Labute approximate surface area is 112 Å². The Bertz CT molecular complexity index is 178. The van der Waals surface area contributed by atoms with Crippen LogP contribution in [0.3, 0.4) is 0 Å². The second-order valence-electron chi connectivity index (χ2n) is 5.60. The largest absolute Gasteiger partial charge is 0.393 e. The van der Waals surface area contributed by atoms with Crippen molar-refractivity contribution < 1.29 is 5.11 Å². The molecule has 0 amide bonds. The molecule has 2 heteroatoms. The Hall–Kier alpha value is 0.310. The fourth-order valence-corrected chi connectivity index (χ4v) is 4.03. The molecule has 1 N–H and O–H groups in total. The van der Waals surface area contributed by atoms with Crippen LogP contribution in [0.2, 0.25) is 0 Å². The molecule has 102 valence electrons. The third-order valence-electron chi connectivity index (χ3n) is 4.09. The minimum absolute atomic E-state index is 0.0371. The Kier molecular flexibility index (Phi) is 8.38. The lowest BCUT2D eigenvalue weighted by Gasteiger charge is -2.25. The predicted molar refractivity (Wildman–Crippen MR) is 78.6 cm³/mol. The Morgan fingerprint density at radius 1 is 1.24 bits per heavy atom. The van der Waals surface area contributed by atoms with Crippen LogP contribution in [0.4, 0.5) is 0 Å². The number of unbranched alkanes of at least 4 members (excludes halogenated alkanes) is 1. The van der Waals surface area contributed by atoms with Crippen molar-refractivity contribution in [2.75, 3.05) is 11.5 Å². The molecule has 0 radical (unpaired) electrons. The van der Waals surface area contributed by atoms with E-state index in [0.29, 0.717) is 0 Å². The van der Waals surface area contributed by atoms with Crippen molar-refractivity contribution in [3.05, 3.63) is 0 Å². The van der Waals surface area contributed by atoms with E-state index in [2.05, 4.69) is 25.6 Å². The molecule has 0 bridgehead atoms. The lowest BCUT2D eigenvalue weighted by atomic mass is 9.88. The zero-order valence-electron chi connectivity index (χ0n) is 11.7. The maximum absolute atomic E-state index is 10.2. The van der Waals surface area contributed by atoms with Gasteiger partial charge in [-0.05, 0) is 49.0 Å². The molecular formula is C15H30OS. The molecule has 1 rings (SSSR count). The van der Waals surface area contributed by atoms with E-state index >= 15 is 0 Å². The minimum atomic E-state index is -0.0371. The van der Waals surface area contributed by atoms with E-state index in [1.54, 1.807) is 0 Å². The summed E-state index contributed by atoms with van der Waals surface area (Å²) < 4.78 is 0. The van der Waals surface area contributed by atoms with Gasteiger partial charge in [0.15, 0.2) is 0 Å². The van der Waals surface area contributed by atoms with E-state index in [9.17, 15) is 5.11 Å². The highest BCUT2D eigenvalue weighted by molar-refractivity contribution is 7.99. The van der Waals surface area contributed by atoms with Crippen LogP contribution < -0.4 is 0 Å². The monoisotopic (exact) mass is 258 g/mol. The van der Waals surface area contributed by atoms with Crippen molar-refractivity contribution in [1.82, 2.24) is 0 Å². The van der Waals surface area contributed by atoms with E-state index in [1.807, 2.05) is 0 Å². The first-order valence-electron chi connectivity index (χ1n) is 7.52. The molecule has 0 spiro atoms. The van der Waals surface area contributed by atoms with Crippen molar-refractivity contribution in [2.45, 2.75) is 71.3 Å². The standard InChI is InChI=1S/C15H30OS/c1-3-5-6-13(4-2)11-15(16)12-14-7-9-17-10-8-14/h13-16H,3-12H2,1-2H3. The van der Waals surface area contributed by atoms with Gasteiger partial charge in [-0.2, -0.15) is 11.8 Å². The lowest BCUT2D eigenvalue weighted by Crippen LogP contribution is -2.20. The molecule has 1 heterocycles. The number of aliphatic hydroxyl groups excluding tert-OH is 1. The van der Waals surface area contributed by atoms with Crippen LogP contribution in [0.1, 0.15) is 65.2 Å². The van der Waals surface area contributed by atoms with Crippen molar-refractivity contribution in [3.63, 3.8) is 0 Å². The molecule has 17 heavy (non-hydrogen) atoms. The molecule has 1 aliphatic rings. The molecule has 1 aliphatic heterocycles. The summed E-state index contributed by atoms with van der Waals surface area (Å²) in [5.41, 5.74) is 0. The molecule has 0 saturated carbocycles. The summed E-state index contributed by atoms with van der Waals surface area (Å²) in [6, 6.07) is 0. The lowest BCUT2D eigenvalue weighted by molar-refractivity contribution is 0.108. The van der Waals surface area contributed by atoms with Gasteiger partial charge in [-0.15, -0.1) is 0 Å². The van der Waals surface area contributed by atoms with Gasteiger partial charge in [-0.25, -0.2) is 0 Å². The Morgan fingerprint density at radius 3 is 2.53 bits per heavy atom. The van der Waals surface area contributed by atoms with Gasteiger partial charge in [-0.3, -0.25) is 0 Å². The van der Waals surface area contributed by atoms with Gasteiger partial charge < -0.3 is 5.11 Å². The highest BCUT2D eigenvalue weighted by Gasteiger charge is 2.19. The number of hydrogen-bond acceptors (Lipinski definition) is 2. The zero-order chi connectivity index (χ0) is 12.5. The summed E-state index contributed by atoms with van der Waals surface area (Å²) in [4.78, 5) is 0. The number of hydrogen-bond donors (Lipinski definition) is 1. The van der Waals surface area contributed by atoms with Crippen LogP contribution in [0.25, 0.3) is 0 Å². The molecule has 0 aromatic heterocycles.